The minimum atomic E-state index is -0.287. The van der Waals surface area contributed by atoms with Gasteiger partial charge in [0.15, 0.2) is 0 Å². The van der Waals surface area contributed by atoms with E-state index in [0.29, 0.717) is 18.4 Å². The molecule has 0 radical (unpaired) electrons. The van der Waals surface area contributed by atoms with Gasteiger partial charge in [0.05, 0.1) is 6.04 Å². The number of nitrogens with two attached hydrogens (primary N) is 2. The molecule has 2 atom stereocenters. The van der Waals surface area contributed by atoms with Crippen molar-refractivity contribution in [2.24, 2.45) is 29.2 Å². The number of rotatable bonds is 7. The molecule has 0 heterocycles. The fourth-order valence-electron chi connectivity index (χ4n) is 1.53. The Morgan fingerprint density at radius 1 is 1.20 bits per heavy atom. The Balaban J connectivity index is 4.14. The molecule has 0 aliphatic carbocycles. The molecule has 4 heteroatoms. The number of hydrogen-bond acceptors (Lipinski definition) is 3. The molecule has 4 nitrogen and oxygen atoms in total. The summed E-state index contributed by atoms with van der Waals surface area (Å²) in [5.74, 6) is 0.839. The standard InChI is InChI=1S/C11H25N3O/c1-7(2)9(5-12)6-14-10(8(3)4)11(13)15/h7-10,14H,5-6,12H2,1-4H3,(H2,13,15). The third kappa shape index (κ3) is 5.14. The average molecular weight is 215 g/mol. The van der Waals surface area contributed by atoms with Crippen molar-refractivity contribution >= 4 is 5.91 Å². The Bertz CT molecular complexity index is 192. The van der Waals surface area contributed by atoms with Crippen LogP contribution in [0.1, 0.15) is 27.7 Å². The van der Waals surface area contributed by atoms with Crippen LogP contribution in [-0.4, -0.2) is 25.0 Å². The quantitative estimate of drug-likeness (QED) is 0.572. The molecule has 5 N–H and O–H groups in total. The fourth-order valence-corrected chi connectivity index (χ4v) is 1.53. The fraction of sp³-hybridized carbons (Fsp3) is 0.909. The average Bonchev–Trinajstić information content (AvgIpc) is 2.10. The number of nitrogens with one attached hydrogen (secondary N) is 1. The first-order chi connectivity index (χ1) is 6.90. The summed E-state index contributed by atoms with van der Waals surface area (Å²) in [6.45, 7) is 9.61. The van der Waals surface area contributed by atoms with Crippen molar-refractivity contribution in [2.45, 2.75) is 33.7 Å². The van der Waals surface area contributed by atoms with E-state index in [0.717, 1.165) is 6.54 Å². The lowest BCUT2D eigenvalue weighted by Crippen LogP contribution is -2.48. The summed E-state index contributed by atoms with van der Waals surface area (Å²) in [6.07, 6.45) is 0. The summed E-state index contributed by atoms with van der Waals surface area (Å²) >= 11 is 0. The molecule has 0 bridgehead atoms. The van der Waals surface area contributed by atoms with Crippen LogP contribution in [0.25, 0.3) is 0 Å². The Kier molecular flexibility index (Phi) is 6.52. The van der Waals surface area contributed by atoms with E-state index < -0.39 is 0 Å². The van der Waals surface area contributed by atoms with Gasteiger partial charge in [-0.05, 0) is 24.3 Å². The minimum absolute atomic E-state index is 0.216. The van der Waals surface area contributed by atoms with E-state index in [9.17, 15) is 4.79 Å². The summed E-state index contributed by atoms with van der Waals surface area (Å²) in [7, 11) is 0. The van der Waals surface area contributed by atoms with E-state index in [2.05, 4.69) is 19.2 Å². The molecule has 0 aromatic carbocycles. The topological polar surface area (TPSA) is 81.1 Å². The third-order valence-electron chi connectivity index (χ3n) is 2.82. The first kappa shape index (κ1) is 14.4. The minimum Gasteiger partial charge on any atom is -0.368 e. The second-order valence-corrected chi connectivity index (χ2v) is 4.77. The zero-order chi connectivity index (χ0) is 12.0. The van der Waals surface area contributed by atoms with Crippen molar-refractivity contribution in [3.8, 4) is 0 Å². The lowest BCUT2D eigenvalue weighted by molar-refractivity contribution is -0.121. The van der Waals surface area contributed by atoms with Crippen LogP contribution in [0.4, 0.5) is 0 Å². The first-order valence-corrected chi connectivity index (χ1v) is 5.62. The molecule has 0 spiro atoms. The zero-order valence-corrected chi connectivity index (χ0v) is 10.3. The van der Waals surface area contributed by atoms with Crippen molar-refractivity contribution in [3.05, 3.63) is 0 Å². The summed E-state index contributed by atoms with van der Waals surface area (Å²) in [6, 6.07) is -0.252. The monoisotopic (exact) mass is 215 g/mol. The van der Waals surface area contributed by atoms with Gasteiger partial charge in [-0.3, -0.25) is 4.79 Å². The van der Waals surface area contributed by atoms with Gasteiger partial charge in [-0.1, -0.05) is 27.7 Å². The van der Waals surface area contributed by atoms with Crippen molar-refractivity contribution < 1.29 is 4.79 Å². The number of primary amides is 1. The summed E-state index contributed by atoms with van der Waals surface area (Å²) < 4.78 is 0. The molecular formula is C11H25N3O. The number of amides is 1. The maximum atomic E-state index is 11.1. The highest BCUT2D eigenvalue weighted by Crippen LogP contribution is 2.09. The third-order valence-corrected chi connectivity index (χ3v) is 2.82. The van der Waals surface area contributed by atoms with Crippen molar-refractivity contribution in [1.29, 1.82) is 0 Å². The summed E-state index contributed by atoms with van der Waals surface area (Å²) in [4.78, 5) is 11.1. The highest BCUT2D eigenvalue weighted by Gasteiger charge is 2.20. The van der Waals surface area contributed by atoms with Crippen molar-refractivity contribution in [3.63, 3.8) is 0 Å². The predicted octanol–water partition coefficient (Wildman–Crippen LogP) is 0.317. The van der Waals surface area contributed by atoms with Gasteiger partial charge in [-0.25, -0.2) is 0 Å². The van der Waals surface area contributed by atoms with Crippen LogP contribution < -0.4 is 16.8 Å². The van der Waals surface area contributed by atoms with Gasteiger partial charge in [-0.15, -0.1) is 0 Å². The molecule has 0 fully saturated rings. The molecule has 0 saturated heterocycles. The molecule has 1 amide bonds. The van der Waals surface area contributed by atoms with E-state index in [4.69, 9.17) is 11.5 Å². The first-order valence-electron chi connectivity index (χ1n) is 5.62. The number of hydrogen-bond donors (Lipinski definition) is 3. The molecule has 0 aliphatic rings. The molecule has 0 aliphatic heterocycles. The molecule has 0 saturated carbocycles. The molecule has 90 valence electrons. The number of carbonyl (C=O) groups excluding carboxylic acids is 1. The van der Waals surface area contributed by atoms with Gasteiger partial charge in [0.25, 0.3) is 0 Å². The molecular weight excluding hydrogens is 190 g/mol. The molecule has 0 rings (SSSR count). The Hall–Kier alpha value is -0.610. The smallest absolute Gasteiger partial charge is 0.234 e. The van der Waals surface area contributed by atoms with Crippen LogP contribution >= 0.6 is 0 Å². The lowest BCUT2D eigenvalue weighted by Gasteiger charge is -2.24. The van der Waals surface area contributed by atoms with E-state index in [1.54, 1.807) is 0 Å². The highest BCUT2D eigenvalue weighted by molar-refractivity contribution is 5.80. The Labute approximate surface area is 92.8 Å². The molecule has 0 aromatic heterocycles. The van der Waals surface area contributed by atoms with Gasteiger partial charge in [0.1, 0.15) is 0 Å². The SMILES string of the molecule is CC(C)C(CN)CNC(C(N)=O)C(C)C. The van der Waals surface area contributed by atoms with Crippen molar-refractivity contribution in [2.75, 3.05) is 13.1 Å². The van der Waals surface area contributed by atoms with E-state index in [1.165, 1.54) is 0 Å². The van der Waals surface area contributed by atoms with Gasteiger partial charge in [-0.2, -0.15) is 0 Å². The lowest BCUT2D eigenvalue weighted by atomic mass is 9.94. The number of carbonyl (C=O) groups is 1. The van der Waals surface area contributed by atoms with Gasteiger partial charge >= 0.3 is 0 Å². The Morgan fingerprint density at radius 3 is 2.00 bits per heavy atom. The van der Waals surface area contributed by atoms with Crippen LogP contribution in [0.2, 0.25) is 0 Å². The zero-order valence-electron chi connectivity index (χ0n) is 10.3. The second-order valence-electron chi connectivity index (χ2n) is 4.77. The van der Waals surface area contributed by atoms with Gasteiger partial charge in [0, 0.05) is 6.54 Å². The largest absolute Gasteiger partial charge is 0.368 e. The van der Waals surface area contributed by atoms with Crippen LogP contribution in [-0.2, 0) is 4.79 Å². The van der Waals surface area contributed by atoms with E-state index in [1.807, 2.05) is 13.8 Å². The highest BCUT2D eigenvalue weighted by atomic mass is 16.1. The predicted molar refractivity (Wildman–Crippen MR) is 63.2 cm³/mol. The molecule has 0 aromatic rings. The van der Waals surface area contributed by atoms with Crippen LogP contribution in [0.15, 0.2) is 0 Å². The van der Waals surface area contributed by atoms with Crippen LogP contribution in [0.5, 0.6) is 0 Å². The van der Waals surface area contributed by atoms with E-state index >= 15 is 0 Å². The van der Waals surface area contributed by atoms with Gasteiger partial charge < -0.3 is 16.8 Å². The van der Waals surface area contributed by atoms with Crippen LogP contribution in [0.3, 0.4) is 0 Å². The maximum Gasteiger partial charge on any atom is 0.234 e. The normalized spacial score (nSPS) is 15.7. The van der Waals surface area contributed by atoms with E-state index in [-0.39, 0.29) is 17.9 Å². The summed E-state index contributed by atoms with van der Waals surface area (Å²) in [5.41, 5.74) is 11.0. The summed E-state index contributed by atoms with van der Waals surface area (Å²) in [5, 5.41) is 3.20. The van der Waals surface area contributed by atoms with Crippen LogP contribution in [0, 0.1) is 17.8 Å². The maximum absolute atomic E-state index is 11.1. The van der Waals surface area contributed by atoms with Gasteiger partial charge in [0.2, 0.25) is 5.91 Å². The molecule has 15 heavy (non-hydrogen) atoms. The Morgan fingerprint density at radius 2 is 1.73 bits per heavy atom. The molecule has 2 unspecified atom stereocenters. The second kappa shape index (κ2) is 6.80. The van der Waals surface area contributed by atoms with Crippen molar-refractivity contribution in [1.82, 2.24) is 5.32 Å².